The molecule has 1 amide bonds. The molecule has 2 saturated carbocycles. The van der Waals surface area contributed by atoms with Crippen LogP contribution >= 0.6 is 0 Å². The Morgan fingerprint density at radius 2 is 1.85 bits per heavy atom. The van der Waals surface area contributed by atoms with E-state index in [2.05, 4.69) is 10.0 Å². The number of nitrogens with one attached hydrogen (secondary N) is 2. The molecule has 0 heterocycles. The van der Waals surface area contributed by atoms with Crippen LogP contribution in [0.5, 0.6) is 5.75 Å². The summed E-state index contributed by atoms with van der Waals surface area (Å²) in [6.07, 6.45) is 5.08. The zero-order valence-electron chi connectivity index (χ0n) is 14.9. The Morgan fingerprint density at radius 3 is 2.42 bits per heavy atom. The summed E-state index contributed by atoms with van der Waals surface area (Å²) in [5.41, 5.74) is 0.757. The second-order valence-electron chi connectivity index (χ2n) is 7.17. The third-order valence-corrected chi connectivity index (χ3v) is 5.77. The molecule has 1 aromatic rings. The van der Waals surface area contributed by atoms with Gasteiger partial charge >= 0.3 is 0 Å². The van der Waals surface area contributed by atoms with Crippen molar-refractivity contribution in [3.63, 3.8) is 0 Å². The molecule has 0 spiro atoms. The van der Waals surface area contributed by atoms with Gasteiger partial charge in [-0.25, -0.2) is 8.42 Å². The summed E-state index contributed by atoms with van der Waals surface area (Å²) in [6, 6.07) is 4.80. The Morgan fingerprint density at radius 1 is 1.19 bits per heavy atom. The molecule has 1 aromatic carbocycles. The van der Waals surface area contributed by atoms with Gasteiger partial charge < -0.3 is 10.1 Å². The molecule has 2 aliphatic carbocycles. The van der Waals surface area contributed by atoms with Crippen LogP contribution in [0.15, 0.2) is 18.2 Å². The molecule has 0 aromatic heterocycles. The monoisotopic (exact) mass is 380 g/mol. The molecular weight excluding hydrogens is 356 g/mol. The third kappa shape index (κ3) is 4.17. The van der Waals surface area contributed by atoms with Gasteiger partial charge in [-0.15, -0.1) is 0 Å². The van der Waals surface area contributed by atoms with Crippen molar-refractivity contribution >= 4 is 33.1 Å². The van der Waals surface area contributed by atoms with Crippen molar-refractivity contribution in [2.24, 2.45) is 17.8 Å². The van der Waals surface area contributed by atoms with E-state index in [1.165, 1.54) is 13.2 Å². The SMILES string of the molecule is COc1ccc(NC(=O)C2C[C@H]3CCC[C@@H](C2)C3=O)cc1NS(C)(=O)=O. The summed E-state index contributed by atoms with van der Waals surface area (Å²) < 4.78 is 30.5. The molecule has 3 atom stereocenters. The molecule has 2 aliphatic rings. The number of amides is 1. The van der Waals surface area contributed by atoms with Crippen molar-refractivity contribution in [3.05, 3.63) is 18.2 Å². The van der Waals surface area contributed by atoms with Gasteiger partial charge in [-0.1, -0.05) is 6.42 Å². The Bertz CT molecular complexity index is 805. The maximum Gasteiger partial charge on any atom is 0.229 e. The van der Waals surface area contributed by atoms with Crippen LogP contribution in [0.2, 0.25) is 0 Å². The summed E-state index contributed by atoms with van der Waals surface area (Å²) in [4.78, 5) is 24.8. The average Bonchev–Trinajstić information content (AvgIpc) is 2.53. The molecule has 26 heavy (non-hydrogen) atoms. The molecule has 0 radical (unpaired) electrons. The van der Waals surface area contributed by atoms with E-state index < -0.39 is 10.0 Å². The first-order valence-electron chi connectivity index (χ1n) is 8.77. The van der Waals surface area contributed by atoms with Crippen LogP contribution in [0.4, 0.5) is 11.4 Å². The Kier molecular flexibility index (Phi) is 5.22. The fourth-order valence-electron chi connectivity index (χ4n) is 4.00. The van der Waals surface area contributed by atoms with Crippen LogP contribution in [0.25, 0.3) is 0 Å². The maximum atomic E-state index is 12.7. The predicted octanol–water partition coefficient (Wildman–Crippen LogP) is 2.40. The molecule has 2 fully saturated rings. The van der Waals surface area contributed by atoms with E-state index in [-0.39, 0.29) is 29.3 Å². The summed E-state index contributed by atoms with van der Waals surface area (Å²) in [7, 11) is -2.03. The average molecular weight is 380 g/mol. The fourth-order valence-corrected chi connectivity index (χ4v) is 4.56. The second-order valence-corrected chi connectivity index (χ2v) is 8.92. The zero-order chi connectivity index (χ0) is 18.9. The van der Waals surface area contributed by atoms with Gasteiger partial charge in [-0.05, 0) is 43.9 Å². The molecular formula is C18H24N2O5S. The molecule has 1 unspecified atom stereocenters. The first-order valence-corrected chi connectivity index (χ1v) is 10.7. The van der Waals surface area contributed by atoms with Gasteiger partial charge in [0.2, 0.25) is 15.9 Å². The number of anilines is 2. The minimum Gasteiger partial charge on any atom is -0.495 e. The summed E-state index contributed by atoms with van der Waals surface area (Å²) in [5, 5.41) is 2.85. The number of Topliss-reactive ketones (excluding diaryl/α,β-unsaturated/α-hetero) is 1. The van der Waals surface area contributed by atoms with Crippen LogP contribution < -0.4 is 14.8 Å². The lowest BCUT2D eigenvalue weighted by Crippen LogP contribution is -2.40. The molecule has 2 N–H and O–H groups in total. The van der Waals surface area contributed by atoms with Crippen LogP contribution in [0, 0.1) is 17.8 Å². The van der Waals surface area contributed by atoms with Gasteiger partial charge in [0, 0.05) is 23.4 Å². The Hall–Kier alpha value is -2.09. The van der Waals surface area contributed by atoms with E-state index >= 15 is 0 Å². The van der Waals surface area contributed by atoms with Crippen LogP contribution in [-0.4, -0.2) is 33.5 Å². The molecule has 0 aliphatic heterocycles. The Balaban J connectivity index is 1.73. The van der Waals surface area contributed by atoms with Gasteiger partial charge in [-0.3, -0.25) is 14.3 Å². The van der Waals surface area contributed by atoms with E-state index in [4.69, 9.17) is 4.74 Å². The minimum absolute atomic E-state index is 0.0107. The number of sulfonamides is 1. The highest BCUT2D eigenvalue weighted by Crippen LogP contribution is 2.40. The molecule has 7 nitrogen and oxygen atoms in total. The number of ether oxygens (including phenoxy) is 1. The quantitative estimate of drug-likeness (QED) is 0.817. The molecule has 8 heteroatoms. The van der Waals surface area contributed by atoms with Crippen molar-refractivity contribution in [1.82, 2.24) is 0 Å². The number of fused-ring (bicyclic) bond motifs is 2. The number of ketones is 1. The highest BCUT2D eigenvalue weighted by atomic mass is 32.2. The van der Waals surface area contributed by atoms with E-state index in [9.17, 15) is 18.0 Å². The smallest absolute Gasteiger partial charge is 0.229 e. The van der Waals surface area contributed by atoms with Crippen molar-refractivity contribution in [2.75, 3.05) is 23.4 Å². The molecule has 3 rings (SSSR count). The van der Waals surface area contributed by atoms with Crippen LogP contribution in [-0.2, 0) is 19.6 Å². The van der Waals surface area contributed by atoms with E-state index in [1.807, 2.05) is 0 Å². The van der Waals surface area contributed by atoms with Crippen LogP contribution in [0.3, 0.4) is 0 Å². The largest absolute Gasteiger partial charge is 0.495 e. The normalized spacial score (nSPS) is 25.5. The zero-order valence-corrected chi connectivity index (χ0v) is 15.8. The van der Waals surface area contributed by atoms with Gasteiger partial charge in [0.25, 0.3) is 0 Å². The van der Waals surface area contributed by atoms with Gasteiger partial charge in [0.1, 0.15) is 11.5 Å². The number of rotatable bonds is 5. The standard InChI is InChI=1S/C18H24N2O5S/c1-25-16-7-6-14(10-15(16)20-26(2,23)24)19-18(22)13-8-11-4-3-5-12(9-13)17(11)21/h6-7,10-13,20H,3-5,8-9H2,1-2H3,(H,19,22)/t11-,12+,13?. The Labute approximate surface area is 153 Å². The minimum atomic E-state index is -3.47. The number of hydrogen-bond donors (Lipinski definition) is 2. The van der Waals surface area contributed by atoms with Crippen molar-refractivity contribution in [3.8, 4) is 5.75 Å². The lowest BCUT2D eigenvalue weighted by atomic mass is 9.67. The van der Waals surface area contributed by atoms with Gasteiger partial charge in [0.05, 0.1) is 19.1 Å². The van der Waals surface area contributed by atoms with Gasteiger partial charge in [-0.2, -0.15) is 0 Å². The highest BCUT2D eigenvalue weighted by molar-refractivity contribution is 7.92. The van der Waals surface area contributed by atoms with E-state index in [0.29, 0.717) is 30.1 Å². The molecule has 142 valence electrons. The topological polar surface area (TPSA) is 102 Å². The van der Waals surface area contributed by atoms with Gasteiger partial charge in [0.15, 0.2) is 0 Å². The predicted molar refractivity (Wildman–Crippen MR) is 98.7 cm³/mol. The van der Waals surface area contributed by atoms with E-state index in [0.717, 1.165) is 25.5 Å². The van der Waals surface area contributed by atoms with Crippen molar-refractivity contribution in [1.29, 1.82) is 0 Å². The van der Waals surface area contributed by atoms with Crippen molar-refractivity contribution < 1.29 is 22.7 Å². The first-order chi connectivity index (χ1) is 12.3. The lowest BCUT2D eigenvalue weighted by Gasteiger charge is -2.36. The van der Waals surface area contributed by atoms with Crippen molar-refractivity contribution in [2.45, 2.75) is 32.1 Å². The second kappa shape index (κ2) is 7.26. The fraction of sp³-hybridized carbons (Fsp3) is 0.556. The molecule has 2 bridgehead atoms. The number of methoxy groups -OCH3 is 1. The summed E-state index contributed by atoms with van der Waals surface area (Å²) in [6.45, 7) is 0. The highest BCUT2D eigenvalue weighted by Gasteiger charge is 2.41. The first kappa shape index (κ1) is 18.7. The lowest BCUT2D eigenvalue weighted by molar-refractivity contribution is -0.136. The van der Waals surface area contributed by atoms with E-state index in [1.54, 1.807) is 12.1 Å². The number of benzene rings is 1. The van der Waals surface area contributed by atoms with Crippen LogP contribution in [0.1, 0.15) is 32.1 Å². The summed E-state index contributed by atoms with van der Waals surface area (Å²) >= 11 is 0. The number of carbonyl (C=O) groups is 2. The maximum absolute atomic E-state index is 12.7. The number of carbonyl (C=O) groups excluding carboxylic acids is 2. The third-order valence-electron chi connectivity index (χ3n) is 5.18. The summed E-state index contributed by atoms with van der Waals surface area (Å²) in [5.74, 6) is 0.407. The number of hydrogen-bond acceptors (Lipinski definition) is 5. The molecule has 0 saturated heterocycles.